The first kappa shape index (κ1) is 28.4. The SMILES string of the molecule is C=CC(=O)N1CCN(c2nc(OC[C@@H]3CCCN3C)nc3c2CCC(N2CC(F)Cc4ccccc42)C3)C[C@@H]1CC#N. The number of hydrogen-bond donors (Lipinski definition) is 0. The van der Waals surface area contributed by atoms with Crippen LogP contribution in [0.3, 0.4) is 0 Å². The van der Waals surface area contributed by atoms with E-state index >= 15 is 0 Å². The fourth-order valence-electron chi connectivity index (χ4n) is 7.17. The van der Waals surface area contributed by atoms with Crippen molar-refractivity contribution in [1.29, 1.82) is 5.26 Å². The summed E-state index contributed by atoms with van der Waals surface area (Å²) in [6, 6.07) is 11.0. The first-order valence-corrected chi connectivity index (χ1v) is 15.2. The molecule has 1 aliphatic carbocycles. The molecule has 2 aromatic rings. The van der Waals surface area contributed by atoms with E-state index in [1.54, 1.807) is 4.90 Å². The molecule has 1 aromatic heterocycles. The van der Waals surface area contributed by atoms with E-state index in [2.05, 4.69) is 40.5 Å². The number of fused-ring (bicyclic) bond motifs is 2. The summed E-state index contributed by atoms with van der Waals surface area (Å²) in [6.07, 6.45) is 5.69. The van der Waals surface area contributed by atoms with Crippen molar-refractivity contribution in [3.63, 3.8) is 0 Å². The molecule has 0 bridgehead atoms. The summed E-state index contributed by atoms with van der Waals surface area (Å²) in [4.78, 5) is 30.9. The number of nitriles is 1. The molecule has 0 spiro atoms. The average Bonchev–Trinajstić information content (AvgIpc) is 3.42. The maximum absolute atomic E-state index is 14.9. The highest BCUT2D eigenvalue weighted by atomic mass is 19.1. The third-order valence-electron chi connectivity index (χ3n) is 9.43. The van der Waals surface area contributed by atoms with Crippen LogP contribution in [0.25, 0.3) is 0 Å². The Balaban J connectivity index is 1.30. The van der Waals surface area contributed by atoms with E-state index in [0.29, 0.717) is 57.7 Å². The summed E-state index contributed by atoms with van der Waals surface area (Å²) in [7, 11) is 2.12. The fraction of sp³-hybridized carbons (Fsp3) is 0.562. The van der Waals surface area contributed by atoms with Crippen LogP contribution in [0.2, 0.25) is 0 Å². The van der Waals surface area contributed by atoms with Gasteiger partial charge in [-0.05, 0) is 57.0 Å². The third-order valence-corrected chi connectivity index (χ3v) is 9.43. The molecule has 3 aliphatic heterocycles. The van der Waals surface area contributed by atoms with Gasteiger partial charge in [-0.25, -0.2) is 4.39 Å². The number of carbonyl (C=O) groups excluding carboxylic acids is 1. The van der Waals surface area contributed by atoms with E-state index in [9.17, 15) is 14.4 Å². The molecule has 0 radical (unpaired) electrons. The molecule has 2 unspecified atom stereocenters. The molecule has 6 rings (SSSR count). The molecule has 9 nitrogen and oxygen atoms in total. The second-order valence-electron chi connectivity index (χ2n) is 12.0. The summed E-state index contributed by atoms with van der Waals surface area (Å²) in [5, 5.41) is 9.51. The van der Waals surface area contributed by atoms with Crippen LogP contribution < -0.4 is 14.5 Å². The molecule has 0 saturated carbocycles. The Morgan fingerprint density at radius 3 is 2.81 bits per heavy atom. The summed E-state index contributed by atoms with van der Waals surface area (Å²) < 4.78 is 21.1. The molecular formula is C32H40FN7O2. The van der Waals surface area contributed by atoms with Crippen LogP contribution in [0.15, 0.2) is 36.9 Å². The van der Waals surface area contributed by atoms with Crippen LogP contribution in [0.1, 0.15) is 42.5 Å². The Kier molecular flexibility index (Phi) is 8.29. The number of halogens is 1. The lowest BCUT2D eigenvalue weighted by Crippen LogP contribution is -2.55. The number of hydrogen-bond acceptors (Lipinski definition) is 8. The van der Waals surface area contributed by atoms with E-state index in [0.717, 1.165) is 60.6 Å². The molecule has 0 N–H and O–H groups in total. The predicted molar refractivity (Wildman–Crippen MR) is 160 cm³/mol. The van der Waals surface area contributed by atoms with Crippen LogP contribution in [0.4, 0.5) is 15.9 Å². The van der Waals surface area contributed by atoms with Gasteiger partial charge in [0.15, 0.2) is 0 Å². The second-order valence-corrected chi connectivity index (χ2v) is 12.0. The summed E-state index contributed by atoms with van der Waals surface area (Å²) in [6.45, 7) is 7.22. The number of likely N-dealkylation sites (N-methyl/N-ethyl adjacent to an activating group) is 1. The summed E-state index contributed by atoms with van der Waals surface area (Å²) in [5.41, 5.74) is 4.23. The standard InChI is InChI=1S/C32H40FN7O2/c1-3-30(41)39-16-15-38(20-25(39)12-13-34)31-27-11-10-24(40-19-23(33)17-22-7-4-5-9-29(22)40)18-28(27)35-32(36-31)42-21-26-8-6-14-37(26)2/h3-5,7,9,23-26H,1,6,8,10-12,14-21H2,2H3/t23?,24?,25-,26-/m0/s1. The number of ether oxygens (including phenoxy) is 1. The maximum Gasteiger partial charge on any atom is 0.318 e. The van der Waals surface area contributed by atoms with Crippen LogP contribution in [-0.2, 0) is 24.1 Å². The predicted octanol–water partition coefficient (Wildman–Crippen LogP) is 3.32. The zero-order valence-corrected chi connectivity index (χ0v) is 24.4. The van der Waals surface area contributed by atoms with Crippen molar-refractivity contribution in [2.45, 2.75) is 69.2 Å². The molecule has 2 fully saturated rings. The Hall–Kier alpha value is -3.71. The minimum Gasteiger partial charge on any atom is -0.462 e. The highest BCUT2D eigenvalue weighted by Crippen LogP contribution is 2.37. The van der Waals surface area contributed by atoms with Crippen LogP contribution in [-0.4, -0.2) is 96.4 Å². The smallest absolute Gasteiger partial charge is 0.318 e. The van der Waals surface area contributed by atoms with Gasteiger partial charge in [-0.1, -0.05) is 24.8 Å². The Morgan fingerprint density at radius 1 is 1.17 bits per heavy atom. The number of aromatic nitrogens is 2. The first-order valence-electron chi connectivity index (χ1n) is 15.2. The van der Waals surface area contributed by atoms with Gasteiger partial charge in [-0.15, -0.1) is 0 Å². The van der Waals surface area contributed by atoms with Crippen LogP contribution in [0, 0.1) is 11.3 Å². The van der Waals surface area contributed by atoms with Gasteiger partial charge in [0.2, 0.25) is 5.91 Å². The minimum absolute atomic E-state index is 0.127. The van der Waals surface area contributed by atoms with Crippen LogP contribution >= 0.6 is 0 Å². The lowest BCUT2D eigenvalue weighted by Gasteiger charge is -2.43. The molecular weight excluding hydrogens is 533 g/mol. The molecule has 4 atom stereocenters. The number of amides is 1. The van der Waals surface area contributed by atoms with Crippen molar-refractivity contribution in [2.75, 3.05) is 56.2 Å². The van der Waals surface area contributed by atoms with Crippen molar-refractivity contribution in [3.05, 3.63) is 53.7 Å². The van der Waals surface area contributed by atoms with Gasteiger partial charge < -0.3 is 24.3 Å². The fourth-order valence-corrected chi connectivity index (χ4v) is 7.17. The van der Waals surface area contributed by atoms with Crippen molar-refractivity contribution in [1.82, 2.24) is 19.8 Å². The van der Waals surface area contributed by atoms with Crippen molar-refractivity contribution < 1.29 is 13.9 Å². The van der Waals surface area contributed by atoms with Crippen molar-refractivity contribution in [2.24, 2.45) is 0 Å². The van der Waals surface area contributed by atoms with Gasteiger partial charge in [0.05, 0.1) is 24.2 Å². The quantitative estimate of drug-likeness (QED) is 0.467. The third kappa shape index (κ3) is 5.67. The average molecular weight is 574 g/mol. The number of carbonyl (C=O) groups is 1. The number of benzene rings is 1. The van der Waals surface area contributed by atoms with Gasteiger partial charge in [0.25, 0.3) is 0 Å². The molecule has 4 heterocycles. The number of alkyl halides is 1. The van der Waals surface area contributed by atoms with Gasteiger partial charge in [-0.2, -0.15) is 15.2 Å². The highest BCUT2D eigenvalue weighted by Gasteiger charge is 2.36. The first-order chi connectivity index (χ1) is 20.4. The molecule has 1 amide bonds. The van der Waals surface area contributed by atoms with Crippen LogP contribution in [0.5, 0.6) is 6.01 Å². The zero-order chi connectivity index (χ0) is 29.2. The van der Waals surface area contributed by atoms with E-state index < -0.39 is 6.17 Å². The number of anilines is 2. The Bertz CT molecular complexity index is 1360. The molecule has 2 saturated heterocycles. The van der Waals surface area contributed by atoms with E-state index in [1.807, 2.05) is 18.2 Å². The number of piperazine rings is 1. The van der Waals surface area contributed by atoms with Gasteiger partial charge in [-0.3, -0.25) is 4.79 Å². The minimum atomic E-state index is -0.892. The number of likely N-dealkylation sites (tertiary alicyclic amines) is 1. The molecule has 4 aliphatic rings. The number of nitrogens with zero attached hydrogens (tertiary/aromatic N) is 7. The summed E-state index contributed by atoms with van der Waals surface area (Å²) in [5.74, 6) is 0.685. The lowest BCUT2D eigenvalue weighted by atomic mass is 9.88. The van der Waals surface area contributed by atoms with E-state index in [4.69, 9.17) is 14.7 Å². The maximum atomic E-state index is 14.9. The zero-order valence-electron chi connectivity index (χ0n) is 24.4. The van der Waals surface area contributed by atoms with Gasteiger partial charge >= 0.3 is 6.01 Å². The molecule has 1 aromatic carbocycles. The van der Waals surface area contributed by atoms with E-state index in [-0.39, 0.29) is 24.4 Å². The lowest BCUT2D eigenvalue weighted by molar-refractivity contribution is -0.128. The van der Waals surface area contributed by atoms with Crippen molar-refractivity contribution in [3.8, 4) is 12.1 Å². The van der Waals surface area contributed by atoms with Gasteiger partial charge in [0.1, 0.15) is 18.6 Å². The largest absolute Gasteiger partial charge is 0.462 e. The Morgan fingerprint density at radius 2 is 2.02 bits per heavy atom. The number of para-hydroxylation sites is 1. The van der Waals surface area contributed by atoms with E-state index in [1.165, 1.54) is 6.08 Å². The number of rotatable bonds is 7. The molecule has 42 heavy (non-hydrogen) atoms. The molecule has 10 heteroatoms. The summed E-state index contributed by atoms with van der Waals surface area (Å²) >= 11 is 0. The Labute approximate surface area is 247 Å². The second kappa shape index (κ2) is 12.3. The topological polar surface area (TPSA) is 88.8 Å². The monoisotopic (exact) mass is 573 g/mol. The van der Waals surface area contributed by atoms with Crippen molar-refractivity contribution >= 4 is 17.4 Å². The molecule has 222 valence electrons. The highest BCUT2D eigenvalue weighted by molar-refractivity contribution is 5.87. The van der Waals surface area contributed by atoms with Gasteiger partial charge in [0, 0.05) is 62.4 Å². The normalized spacial score (nSPS) is 25.9.